The molecule has 0 unspecified atom stereocenters. The van der Waals surface area contributed by atoms with Gasteiger partial charge in [0.1, 0.15) is 24.1 Å². The Morgan fingerprint density at radius 2 is 1.90 bits per heavy atom. The SMILES string of the molecule is COc1cc(C(=N)N)ccc1OCc1ccc(F)cc1F. The van der Waals surface area contributed by atoms with Gasteiger partial charge in [0, 0.05) is 17.2 Å². The van der Waals surface area contributed by atoms with E-state index in [2.05, 4.69) is 0 Å². The van der Waals surface area contributed by atoms with Crippen LogP contribution in [0.4, 0.5) is 8.78 Å². The lowest BCUT2D eigenvalue weighted by Gasteiger charge is -2.12. The van der Waals surface area contributed by atoms with Crippen LogP contribution in [0.15, 0.2) is 36.4 Å². The average molecular weight is 292 g/mol. The predicted molar refractivity (Wildman–Crippen MR) is 74.7 cm³/mol. The summed E-state index contributed by atoms with van der Waals surface area (Å²) in [5.41, 5.74) is 6.11. The molecule has 0 amide bonds. The van der Waals surface area contributed by atoms with Crippen LogP contribution in [0.3, 0.4) is 0 Å². The molecule has 2 aromatic rings. The highest BCUT2D eigenvalue weighted by Gasteiger charge is 2.09. The van der Waals surface area contributed by atoms with Crippen molar-refractivity contribution in [1.82, 2.24) is 0 Å². The molecule has 2 aromatic carbocycles. The largest absolute Gasteiger partial charge is 0.493 e. The number of methoxy groups -OCH3 is 1. The van der Waals surface area contributed by atoms with E-state index in [0.29, 0.717) is 17.1 Å². The third kappa shape index (κ3) is 3.47. The van der Waals surface area contributed by atoms with E-state index in [1.165, 1.54) is 13.2 Å². The first kappa shape index (κ1) is 14.8. The fourth-order valence-corrected chi connectivity index (χ4v) is 1.75. The molecule has 0 aliphatic rings. The minimum absolute atomic E-state index is 0.0676. The maximum absolute atomic E-state index is 13.5. The summed E-state index contributed by atoms with van der Waals surface area (Å²) < 4.78 is 36.9. The van der Waals surface area contributed by atoms with Crippen molar-refractivity contribution in [3.8, 4) is 11.5 Å². The molecule has 0 fully saturated rings. The van der Waals surface area contributed by atoms with Crippen molar-refractivity contribution < 1.29 is 18.3 Å². The van der Waals surface area contributed by atoms with Gasteiger partial charge in [-0.05, 0) is 30.3 Å². The molecule has 0 radical (unpaired) electrons. The minimum Gasteiger partial charge on any atom is -0.493 e. The number of nitrogen functional groups attached to an aromatic ring is 1. The first-order valence-electron chi connectivity index (χ1n) is 6.10. The number of nitrogens with one attached hydrogen (secondary N) is 1. The number of nitrogens with two attached hydrogens (primary N) is 1. The van der Waals surface area contributed by atoms with Gasteiger partial charge in [-0.1, -0.05) is 0 Å². The van der Waals surface area contributed by atoms with Crippen molar-refractivity contribution in [2.45, 2.75) is 6.61 Å². The van der Waals surface area contributed by atoms with Gasteiger partial charge >= 0.3 is 0 Å². The third-order valence-corrected chi connectivity index (χ3v) is 2.87. The highest BCUT2D eigenvalue weighted by atomic mass is 19.1. The Bertz CT molecular complexity index is 675. The number of amidine groups is 1. The summed E-state index contributed by atoms with van der Waals surface area (Å²) in [6.45, 7) is -0.0676. The molecule has 2 rings (SSSR count). The van der Waals surface area contributed by atoms with Crippen molar-refractivity contribution in [3.63, 3.8) is 0 Å². The second kappa shape index (κ2) is 6.21. The Morgan fingerprint density at radius 3 is 2.52 bits per heavy atom. The van der Waals surface area contributed by atoms with Crippen molar-refractivity contribution in [3.05, 3.63) is 59.2 Å². The van der Waals surface area contributed by atoms with Gasteiger partial charge in [0.2, 0.25) is 0 Å². The quantitative estimate of drug-likeness (QED) is 0.657. The van der Waals surface area contributed by atoms with Crippen LogP contribution in [0.1, 0.15) is 11.1 Å². The van der Waals surface area contributed by atoms with Crippen molar-refractivity contribution in [2.75, 3.05) is 7.11 Å². The van der Waals surface area contributed by atoms with E-state index in [0.717, 1.165) is 12.1 Å². The molecule has 4 nitrogen and oxygen atoms in total. The van der Waals surface area contributed by atoms with Gasteiger partial charge in [-0.15, -0.1) is 0 Å². The summed E-state index contributed by atoms with van der Waals surface area (Å²) in [5, 5.41) is 7.36. The standard InChI is InChI=1S/C15H14F2N2O2/c1-20-14-6-9(15(18)19)3-5-13(14)21-8-10-2-4-11(16)7-12(10)17/h2-7H,8H2,1H3,(H3,18,19). The Morgan fingerprint density at radius 1 is 1.14 bits per heavy atom. The molecule has 0 aliphatic heterocycles. The topological polar surface area (TPSA) is 68.3 Å². The molecular weight excluding hydrogens is 278 g/mol. The van der Waals surface area contributed by atoms with Crippen LogP contribution in [0, 0.1) is 17.0 Å². The summed E-state index contributed by atoms with van der Waals surface area (Å²) in [6.07, 6.45) is 0. The number of rotatable bonds is 5. The molecule has 0 atom stereocenters. The average Bonchev–Trinajstić information content (AvgIpc) is 2.46. The zero-order valence-corrected chi connectivity index (χ0v) is 11.3. The van der Waals surface area contributed by atoms with Crippen LogP contribution in [0.2, 0.25) is 0 Å². The molecule has 0 bridgehead atoms. The van der Waals surface area contributed by atoms with Crippen LogP contribution in [0.25, 0.3) is 0 Å². The second-order valence-corrected chi connectivity index (χ2v) is 4.30. The van der Waals surface area contributed by atoms with E-state index in [4.69, 9.17) is 20.6 Å². The van der Waals surface area contributed by atoms with Crippen LogP contribution in [0.5, 0.6) is 11.5 Å². The molecule has 0 spiro atoms. The molecule has 6 heteroatoms. The van der Waals surface area contributed by atoms with Gasteiger partial charge in [-0.25, -0.2) is 8.78 Å². The van der Waals surface area contributed by atoms with Crippen LogP contribution in [-0.4, -0.2) is 12.9 Å². The minimum atomic E-state index is -0.672. The van der Waals surface area contributed by atoms with Crippen molar-refractivity contribution in [1.29, 1.82) is 5.41 Å². The molecular formula is C15H14F2N2O2. The maximum atomic E-state index is 13.5. The zero-order chi connectivity index (χ0) is 15.4. The number of ether oxygens (including phenoxy) is 2. The fourth-order valence-electron chi connectivity index (χ4n) is 1.75. The Hall–Kier alpha value is -2.63. The lowest BCUT2D eigenvalue weighted by molar-refractivity contribution is 0.279. The lowest BCUT2D eigenvalue weighted by Crippen LogP contribution is -2.11. The number of halogens is 2. The first-order chi connectivity index (χ1) is 10.0. The highest BCUT2D eigenvalue weighted by molar-refractivity contribution is 5.95. The summed E-state index contributed by atoms with van der Waals surface area (Å²) in [5.74, 6) is -0.644. The smallest absolute Gasteiger partial charge is 0.161 e. The molecule has 0 heterocycles. The maximum Gasteiger partial charge on any atom is 0.161 e. The Kier molecular flexibility index (Phi) is 4.37. The van der Waals surface area contributed by atoms with E-state index >= 15 is 0 Å². The van der Waals surface area contributed by atoms with Gasteiger partial charge in [-0.3, -0.25) is 5.41 Å². The fraction of sp³-hybridized carbons (Fsp3) is 0.133. The van der Waals surface area contributed by atoms with Crippen molar-refractivity contribution in [2.24, 2.45) is 5.73 Å². The second-order valence-electron chi connectivity index (χ2n) is 4.30. The van der Waals surface area contributed by atoms with Crippen LogP contribution < -0.4 is 15.2 Å². The molecule has 0 aliphatic carbocycles. The number of benzene rings is 2. The summed E-state index contributed by atoms with van der Waals surface area (Å²) in [6, 6.07) is 8.02. The van der Waals surface area contributed by atoms with Crippen LogP contribution >= 0.6 is 0 Å². The van der Waals surface area contributed by atoms with Gasteiger partial charge in [0.05, 0.1) is 7.11 Å². The van der Waals surface area contributed by atoms with Gasteiger partial charge < -0.3 is 15.2 Å². The number of hydrogen-bond donors (Lipinski definition) is 2. The van der Waals surface area contributed by atoms with E-state index < -0.39 is 11.6 Å². The molecule has 3 N–H and O–H groups in total. The molecule has 0 saturated heterocycles. The third-order valence-electron chi connectivity index (χ3n) is 2.87. The summed E-state index contributed by atoms with van der Waals surface area (Å²) in [4.78, 5) is 0. The van der Waals surface area contributed by atoms with Crippen molar-refractivity contribution >= 4 is 5.84 Å². The normalized spacial score (nSPS) is 10.2. The molecule has 0 aromatic heterocycles. The van der Waals surface area contributed by atoms with E-state index in [1.54, 1.807) is 18.2 Å². The Balaban J connectivity index is 2.17. The van der Waals surface area contributed by atoms with Gasteiger partial charge in [0.25, 0.3) is 0 Å². The van der Waals surface area contributed by atoms with Crippen LogP contribution in [-0.2, 0) is 6.61 Å². The van der Waals surface area contributed by atoms with Gasteiger partial charge in [0.15, 0.2) is 11.5 Å². The van der Waals surface area contributed by atoms with Gasteiger partial charge in [-0.2, -0.15) is 0 Å². The number of hydrogen-bond acceptors (Lipinski definition) is 3. The molecule has 0 saturated carbocycles. The molecule has 21 heavy (non-hydrogen) atoms. The highest BCUT2D eigenvalue weighted by Crippen LogP contribution is 2.29. The summed E-state index contributed by atoms with van der Waals surface area (Å²) in [7, 11) is 1.45. The Labute approximate surface area is 120 Å². The van der Waals surface area contributed by atoms with E-state index in [1.807, 2.05) is 0 Å². The van der Waals surface area contributed by atoms with E-state index in [-0.39, 0.29) is 18.0 Å². The predicted octanol–water partition coefficient (Wildman–Crippen LogP) is 2.84. The van der Waals surface area contributed by atoms with E-state index in [9.17, 15) is 8.78 Å². The summed E-state index contributed by atoms with van der Waals surface area (Å²) >= 11 is 0. The lowest BCUT2D eigenvalue weighted by atomic mass is 10.2. The zero-order valence-electron chi connectivity index (χ0n) is 11.3. The first-order valence-corrected chi connectivity index (χ1v) is 6.10. The molecule has 110 valence electrons. The monoisotopic (exact) mass is 292 g/mol.